The highest BCUT2D eigenvalue weighted by atomic mass is 16.7. The molecule has 1 unspecified atom stereocenters. The smallest absolute Gasteiger partial charge is 0.158 e. The van der Waals surface area contributed by atoms with Gasteiger partial charge in [-0.1, -0.05) is 12.0 Å². The van der Waals surface area contributed by atoms with Gasteiger partial charge in [-0.05, 0) is 37.3 Å². The average Bonchev–Trinajstić information content (AvgIpc) is 2.37. The molecule has 1 saturated heterocycles. The van der Waals surface area contributed by atoms with Crippen LogP contribution in [0.25, 0.3) is 0 Å². The molecule has 0 N–H and O–H groups in total. The van der Waals surface area contributed by atoms with Crippen molar-refractivity contribution in [2.75, 3.05) is 13.2 Å². The van der Waals surface area contributed by atoms with Gasteiger partial charge in [0, 0.05) is 12.8 Å². The lowest BCUT2D eigenvalue weighted by atomic mass is 10.2. The molecular weight excluding hydrogens is 202 g/mol. The molecule has 1 atom stereocenters. The zero-order chi connectivity index (χ0) is 11.1. The molecule has 1 aromatic rings. The number of aromatic nitrogens is 1. The predicted octanol–water partition coefficient (Wildman–Crippen LogP) is 1.98. The highest BCUT2D eigenvalue weighted by molar-refractivity contribution is 5.26. The summed E-state index contributed by atoms with van der Waals surface area (Å²) in [5.74, 6) is 5.88. The highest BCUT2D eigenvalue weighted by Gasteiger charge is 2.12. The third-order valence-corrected chi connectivity index (χ3v) is 2.36. The van der Waals surface area contributed by atoms with Crippen molar-refractivity contribution in [3.8, 4) is 11.8 Å². The summed E-state index contributed by atoms with van der Waals surface area (Å²) in [6.07, 6.45) is 4.96. The Kier molecular flexibility index (Phi) is 4.36. The van der Waals surface area contributed by atoms with Crippen molar-refractivity contribution in [1.82, 2.24) is 4.98 Å². The summed E-state index contributed by atoms with van der Waals surface area (Å²) in [5.41, 5.74) is 0.774. The van der Waals surface area contributed by atoms with Crippen LogP contribution in [0.4, 0.5) is 0 Å². The second-order valence-corrected chi connectivity index (χ2v) is 3.62. The van der Waals surface area contributed by atoms with E-state index >= 15 is 0 Å². The summed E-state index contributed by atoms with van der Waals surface area (Å²) in [5, 5.41) is 0. The third kappa shape index (κ3) is 3.65. The standard InChI is InChI=1S/C13H15NO2/c1-3-9-14-12(6-1)7-5-11-16-13-8-2-4-10-15-13/h1,3,6,9,13H,2,4,8,10-11H2. The number of hydrogen-bond donors (Lipinski definition) is 0. The second-order valence-electron chi connectivity index (χ2n) is 3.62. The average molecular weight is 217 g/mol. The molecule has 0 spiro atoms. The van der Waals surface area contributed by atoms with Crippen molar-refractivity contribution in [1.29, 1.82) is 0 Å². The van der Waals surface area contributed by atoms with Crippen LogP contribution >= 0.6 is 0 Å². The van der Waals surface area contributed by atoms with Gasteiger partial charge in [0.2, 0.25) is 0 Å². The lowest BCUT2D eigenvalue weighted by Gasteiger charge is -2.21. The molecule has 2 rings (SSSR count). The third-order valence-electron chi connectivity index (χ3n) is 2.36. The van der Waals surface area contributed by atoms with E-state index in [9.17, 15) is 0 Å². The van der Waals surface area contributed by atoms with E-state index in [1.165, 1.54) is 6.42 Å². The van der Waals surface area contributed by atoms with E-state index in [0.29, 0.717) is 6.61 Å². The fourth-order valence-electron chi connectivity index (χ4n) is 1.54. The second kappa shape index (κ2) is 6.26. The summed E-state index contributed by atoms with van der Waals surface area (Å²) in [7, 11) is 0. The SMILES string of the molecule is C(#Cc1ccccn1)COC1CCCCO1. The first-order chi connectivity index (χ1) is 7.95. The molecule has 3 heteroatoms. The molecule has 0 aliphatic carbocycles. The molecule has 1 aliphatic rings. The molecule has 1 aliphatic heterocycles. The van der Waals surface area contributed by atoms with Crippen molar-refractivity contribution in [2.45, 2.75) is 25.6 Å². The molecule has 0 saturated carbocycles. The van der Waals surface area contributed by atoms with Gasteiger partial charge in [0.25, 0.3) is 0 Å². The first-order valence-electron chi connectivity index (χ1n) is 5.58. The number of nitrogens with zero attached hydrogens (tertiary/aromatic N) is 1. The van der Waals surface area contributed by atoms with Crippen LogP contribution < -0.4 is 0 Å². The Labute approximate surface area is 95.8 Å². The lowest BCUT2D eigenvalue weighted by Crippen LogP contribution is -2.22. The van der Waals surface area contributed by atoms with E-state index in [4.69, 9.17) is 9.47 Å². The quantitative estimate of drug-likeness (QED) is 0.710. The van der Waals surface area contributed by atoms with Crippen LogP contribution in [0.3, 0.4) is 0 Å². The zero-order valence-corrected chi connectivity index (χ0v) is 9.19. The summed E-state index contributed by atoms with van der Waals surface area (Å²) in [6.45, 7) is 1.21. The lowest BCUT2D eigenvalue weighted by molar-refractivity contribution is -0.154. The Hall–Kier alpha value is -1.37. The molecule has 1 aromatic heterocycles. The fourth-order valence-corrected chi connectivity index (χ4v) is 1.54. The number of ether oxygens (including phenoxy) is 2. The van der Waals surface area contributed by atoms with Crippen molar-refractivity contribution in [3.63, 3.8) is 0 Å². The monoisotopic (exact) mass is 217 g/mol. The van der Waals surface area contributed by atoms with Gasteiger partial charge in [0.15, 0.2) is 6.29 Å². The molecular formula is C13H15NO2. The molecule has 0 radical (unpaired) electrons. The molecule has 2 heterocycles. The van der Waals surface area contributed by atoms with Crippen molar-refractivity contribution in [2.24, 2.45) is 0 Å². The minimum absolute atomic E-state index is 0.0632. The summed E-state index contributed by atoms with van der Waals surface area (Å²) in [6, 6.07) is 5.67. The molecule has 0 amide bonds. The molecule has 0 aromatic carbocycles. The molecule has 3 nitrogen and oxygen atoms in total. The van der Waals surface area contributed by atoms with Crippen LogP contribution in [0.2, 0.25) is 0 Å². The summed E-state index contributed by atoms with van der Waals surface area (Å²) in [4.78, 5) is 4.10. The van der Waals surface area contributed by atoms with Crippen molar-refractivity contribution >= 4 is 0 Å². The van der Waals surface area contributed by atoms with Crippen LogP contribution in [0, 0.1) is 11.8 Å². The van der Waals surface area contributed by atoms with Crippen LogP contribution in [0.5, 0.6) is 0 Å². The zero-order valence-electron chi connectivity index (χ0n) is 9.19. The van der Waals surface area contributed by atoms with E-state index in [1.807, 2.05) is 18.2 Å². The van der Waals surface area contributed by atoms with Gasteiger partial charge in [-0.3, -0.25) is 0 Å². The molecule has 0 bridgehead atoms. The van der Waals surface area contributed by atoms with E-state index in [0.717, 1.165) is 25.1 Å². The predicted molar refractivity (Wildman–Crippen MR) is 60.7 cm³/mol. The van der Waals surface area contributed by atoms with Gasteiger partial charge < -0.3 is 9.47 Å². The fraction of sp³-hybridized carbons (Fsp3) is 0.462. The number of pyridine rings is 1. The van der Waals surface area contributed by atoms with Gasteiger partial charge in [-0.2, -0.15) is 0 Å². The topological polar surface area (TPSA) is 31.4 Å². The van der Waals surface area contributed by atoms with Gasteiger partial charge in [0.05, 0.1) is 0 Å². The maximum Gasteiger partial charge on any atom is 0.158 e. The Morgan fingerprint density at radius 3 is 3.19 bits per heavy atom. The van der Waals surface area contributed by atoms with Crippen LogP contribution in [0.15, 0.2) is 24.4 Å². The van der Waals surface area contributed by atoms with Crippen molar-refractivity contribution < 1.29 is 9.47 Å². The maximum absolute atomic E-state index is 5.48. The van der Waals surface area contributed by atoms with E-state index in [2.05, 4.69) is 16.8 Å². The van der Waals surface area contributed by atoms with Crippen LogP contribution in [-0.2, 0) is 9.47 Å². The Balaban J connectivity index is 1.73. The Bertz CT molecular complexity index is 361. The van der Waals surface area contributed by atoms with Gasteiger partial charge in [0.1, 0.15) is 12.3 Å². The summed E-state index contributed by atoms with van der Waals surface area (Å²) >= 11 is 0. The number of rotatable bonds is 2. The van der Waals surface area contributed by atoms with Gasteiger partial charge in [-0.15, -0.1) is 0 Å². The minimum Gasteiger partial charge on any atom is -0.353 e. The van der Waals surface area contributed by atoms with Gasteiger partial charge >= 0.3 is 0 Å². The summed E-state index contributed by atoms with van der Waals surface area (Å²) < 4.78 is 10.9. The minimum atomic E-state index is -0.0632. The Morgan fingerprint density at radius 1 is 1.44 bits per heavy atom. The molecule has 16 heavy (non-hydrogen) atoms. The Morgan fingerprint density at radius 2 is 2.44 bits per heavy atom. The number of hydrogen-bond acceptors (Lipinski definition) is 3. The normalized spacial score (nSPS) is 19.9. The molecule has 1 fully saturated rings. The van der Waals surface area contributed by atoms with E-state index < -0.39 is 0 Å². The van der Waals surface area contributed by atoms with Gasteiger partial charge in [-0.25, -0.2) is 4.98 Å². The van der Waals surface area contributed by atoms with E-state index in [1.54, 1.807) is 6.20 Å². The molecule has 84 valence electrons. The van der Waals surface area contributed by atoms with Crippen LogP contribution in [0.1, 0.15) is 25.0 Å². The maximum atomic E-state index is 5.48. The van der Waals surface area contributed by atoms with Crippen molar-refractivity contribution in [3.05, 3.63) is 30.1 Å². The first-order valence-corrected chi connectivity index (χ1v) is 5.58. The van der Waals surface area contributed by atoms with E-state index in [-0.39, 0.29) is 6.29 Å². The van der Waals surface area contributed by atoms with Crippen LogP contribution in [-0.4, -0.2) is 24.5 Å². The largest absolute Gasteiger partial charge is 0.353 e. The first kappa shape index (κ1) is 11.1. The highest BCUT2D eigenvalue weighted by Crippen LogP contribution is 2.12.